The van der Waals surface area contributed by atoms with Crippen LogP contribution >= 0.6 is 11.6 Å². The average Bonchev–Trinajstić information content (AvgIpc) is 2.56. The Morgan fingerprint density at radius 1 is 1.14 bits per heavy atom. The van der Waals surface area contributed by atoms with Crippen LogP contribution < -0.4 is 4.74 Å². The molecule has 1 unspecified atom stereocenters. The number of rotatable bonds is 8. The van der Waals surface area contributed by atoms with Crippen molar-refractivity contribution in [3.05, 3.63) is 35.9 Å². The summed E-state index contributed by atoms with van der Waals surface area (Å²) in [6, 6.07) is 9.82. The number of benzene rings is 2. The molecule has 120 valence electrons. The third-order valence-corrected chi connectivity index (χ3v) is 4.58. The minimum Gasteiger partial charge on any atom is -0.507 e. The van der Waals surface area contributed by atoms with E-state index < -0.39 is 0 Å². The average molecular weight is 321 g/mol. The minimum absolute atomic E-state index is 0.279. The van der Waals surface area contributed by atoms with E-state index in [1.165, 1.54) is 0 Å². The lowest BCUT2D eigenvalue weighted by Gasteiger charge is -2.14. The Kier molecular flexibility index (Phi) is 6.38. The van der Waals surface area contributed by atoms with Crippen molar-refractivity contribution >= 4 is 22.4 Å². The Labute approximate surface area is 138 Å². The quantitative estimate of drug-likeness (QED) is 0.501. The summed E-state index contributed by atoms with van der Waals surface area (Å²) in [6.07, 6.45) is 4.93. The van der Waals surface area contributed by atoms with Gasteiger partial charge >= 0.3 is 0 Å². The van der Waals surface area contributed by atoms with Gasteiger partial charge in [0.05, 0.1) is 6.61 Å². The van der Waals surface area contributed by atoms with Crippen LogP contribution in [-0.4, -0.2) is 17.1 Å². The van der Waals surface area contributed by atoms with Gasteiger partial charge in [0.25, 0.3) is 0 Å². The molecule has 2 aromatic carbocycles. The Bertz CT molecular complexity index is 610. The van der Waals surface area contributed by atoms with Gasteiger partial charge in [0.2, 0.25) is 0 Å². The van der Waals surface area contributed by atoms with E-state index in [0.717, 1.165) is 54.2 Å². The smallest absolute Gasteiger partial charge is 0.127 e. The zero-order chi connectivity index (χ0) is 15.9. The van der Waals surface area contributed by atoms with E-state index in [9.17, 15) is 5.11 Å². The second kappa shape index (κ2) is 8.28. The molecule has 0 aromatic heterocycles. The van der Waals surface area contributed by atoms with Crippen molar-refractivity contribution in [2.24, 2.45) is 0 Å². The van der Waals surface area contributed by atoms with E-state index >= 15 is 0 Å². The molecule has 0 amide bonds. The van der Waals surface area contributed by atoms with Crippen LogP contribution in [0.3, 0.4) is 0 Å². The SMILES string of the molecule is CCc1cc(OCCCCC(Cl)CC)c2ccccc2c1O. The summed E-state index contributed by atoms with van der Waals surface area (Å²) in [7, 11) is 0. The molecular weight excluding hydrogens is 296 g/mol. The molecule has 2 aromatic rings. The maximum atomic E-state index is 10.3. The number of aryl methyl sites for hydroxylation is 1. The van der Waals surface area contributed by atoms with Crippen LogP contribution in [-0.2, 0) is 6.42 Å². The third kappa shape index (κ3) is 4.07. The fourth-order valence-electron chi connectivity index (χ4n) is 2.62. The van der Waals surface area contributed by atoms with Crippen LogP contribution in [0.2, 0.25) is 0 Å². The van der Waals surface area contributed by atoms with E-state index in [1.54, 1.807) is 0 Å². The van der Waals surface area contributed by atoms with Gasteiger partial charge in [0.15, 0.2) is 0 Å². The van der Waals surface area contributed by atoms with Crippen LogP contribution in [0.15, 0.2) is 30.3 Å². The molecular formula is C19H25ClO2. The largest absolute Gasteiger partial charge is 0.507 e. The van der Waals surface area contributed by atoms with Crippen molar-refractivity contribution < 1.29 is 9.84 Å². The van der Waals surface area contributed by atoms with Crippen molar-refractivity contribution in [1.29, 1.82) is 0 Å². The second-order valence-corrected chi connectivity index (χ2v) is 6.25. The predicted octanol–water partition coefficient (Wildman–Crippen LogP) is 5.67. The van der Waals surface area contributed by atoms with Crippen LogP contribution in [0.25, 0.3) is 10.8 Å². The molecule has 0 aliphatic carbocycles. The van der Waals surface area contributed by atoms with Gasteiger partial charge in [-0.3, -0.25) is 0 Å². The van der Waals surface area contributed by atoms with Gasteiger partial charge in [0.1, 0.15) is 11.5 Å². The first-order valence-electron chi connectivity index (χ1n) is 8.17. The number of alkyl halides is 1. The Balaban J connectivity index is 2.06. The van der Waals surface area contributed by atoms with Gasteiger partial charge in [-0.1, -0.05) is 38.1 Å². The second-order valence-electron chi connectivity index (χ2n) is 5.63. The number of unbranched alkanes of at least 4 members (excludes halogenated alkanes) is 1. The molecule has 0 saturated heterocycles. The highest BCUT2D eigenvalue weighted by Gasteiger charge is 2.11. The zero-order valence-electron chi connectivity index (χ0n) is 13.4. The zero-order valence-corrected chi connectivity index (χ0v) is 14.2. The van der Waals surface area contributed by atoms with Crippen molar-refractivity contribution in [1.82, 2.24) is 0 Å². The number of fused-ring (bicyclic) bond motifs is 1. The van der Waals surface area contributed by atoms with Gasteiger partial charge < -0.3 is 9.84 Å². The Hall–Kier alpha value is -1.41. The monoisotopic (exact) mass is 320 g/mol. The number of phenols is 1. The molecule has 1 atom stereocenters. The molecule has 3 heteroatoms. The normalized spacial score (nSPS) is 12.5. The van der Waals surface area contributed by atoms with Crippen molar-refractivity contribution in [3.63, 3.8) is 0 Å². The molecule has 0 heterocycles. The molecule has 0 aliphatic heterocycles. The summed E-state index contributed by atoms with van der Waals surface area (Å²) < 4.78 is 5.98. The highest BCUT2D eigenvalue weighted by atomic mass is 35.5. The summed E-state index contributed by atoms with van der Waals surface area (Å²) in [5.41, 5.74) is 0.931. The Morgan fingerprint density at radius 2 is 1.86 bits per heavy atom. The standard InChI is InChI=1S/C19H25ClO2/c1-3-14-13-18(22-12-8-7-9-15(20)4-2)16-10-5-6-11-17(16)19(14)21/h5-6,10-11,13,15,21H,3-4,7-9,12H2,1-2H3. The van der Waals surface area contributed by atoms with Crippen LogP contribution in [0.4, 0.5) is 0 Å². The first-order valence-corrected chi connectivity index (χ1v) is 8.61. The maximum absolute atomic E-state index is 10.3. The van der Waals surface area contributed by atoms with E-state index in [2.05, 4.69) is 6.92 Å². The summed E-state index contributed by atoms with van der Waals surface area (Å²) in [5.74, 6) is 1.24. The number of hydrogen-bond acceptors (Lipinski definition) is 2. The maximum Gasteiger partial charge on any atom is 0.127 e. The third-order valence-electron chi connectivity index (χ3n) is 4.05. The van der Waals surface area contributed by atoms with Crippen molar-refractivity contribution in [3.8, 4) is 11.5 Å². The number of ether oxygens (including phenoxy) is 1. The summed E-state index contributed by atoms with van der Waals surface area (Å²) in [4.78, 5) is 0. The van der Waals surface area contributed by atoms with Crippen LogP contribution in [0.1, 0.15) is 45.1 Å². The van der Waals surface area contributed by atoms with E-state index in [-0.39, 0.29) is 5.38 Å². The molecule has 0 saturated carbocycles. The molecule has 22 heavy (non-hydrogen) atoms. The van der Waals surface area contributed by atoms with E-state index in [4.69, 9.17) is 16.3 Å². The number of aromatic hydroxyl groups is 1. The first kappa shape index (κ1) is 17.0. The highest BCUT2D eigenvalue weighted by Crippen LogP contribution is 2.36. The lowest BCUT2D eigenvalue weighted by atomic mass is 10.0. The van der Waals surface area contributed by atoms with Gasteiger partial charge in [-0.2, -0.15) is 0 Å². The number of halogens is 1. The minimum atomic E-state index is 0.279. The molecule has 1 N–H and O–H groups in total. The van der Waals surface area contributed by atoms with Gasteiger partial charge in [0, 0.05) is 16.1 Å². The summed E-state index contributed by atoms with van der Waals surface area (Å²) in [5, 5.41) is 12.4. The van der Waals surface area contributed by atoms with Crippen molar-refractivity contribution in [2.45, 2.75) is 51.3 Å². The highest BCUT2D eigenvalue weighted by molar-refractivity contribution is 6.20. The van der Waals surface area contributed by atoms with Crippen LogP contribution in [0.5, 0.6) is 11.5 Å². The lowest BCUT2D eigenvalue weighted by Crippen LogP contribution is -2.01. The predicted molar refractivity (Wildman–Crippen MR) is 94.3 cm³/mol. The van der Waals surface area contributed by atoms with Gasteiger partial charge in [-0.25, -0.2) is 0 Å². The molecule has 0 bridgehead atoms. The molecule has 0 fully saturated rings. The molecule has 0 aliphatic rings. The fourth-order valence-corrected chi connectivity index (χ4v) is 2.78. The molecule has 2 nitrogen and oxygen atoms in total. The molecule has 0 spiro atoms. The lowest BCUT2D eigenvalue weighted by molar-refractivity contribution is 0.307. The molecule has 0 radical (unpaired) electrons. The van der Waals surface area contributed by atoms with Gasteiger partial charge in [-0.15, -0.1) is 11.6 Å². The fraction of sp³-hybridized carbons (Fsp3) is 0.474. The number of phenolic OH excluding ortho intramolecular Hbond substituents is 1. The van der Waals surface area contributed by atoms with Gasteiger partial charge in [-0.05, 0) is 43.7 Å². The van der Waals surface area contributed by atoms with Crippen molar-refractivity contribution in [2.75, 3.05) is 6.61 Å². The topological polar surface area (TPSA) is 29.5 Å². The number of hydrogen-bond donors (Lipinski definition) is 1. The first-order chi connectivity index (χ1) is 10.7. The van der Waals surface area contributed by atoms with E-state index in [1.807, 2.05) is 37.3 Å². The Morgan fingerprint density at radius 3 is 2.55 bits per heavy atom. The summed E-state index contributed by atoms with van der Waals surface area (Å²) in [6.45, 7) is 4.84. The summed E-state index contributed by atoms with van der Waals surface area (Å²) >= 11 is 6.13. The molecule has 2 rings (SSSR count). The van der Waals surface area contributed by atoms with E-state index in [0.29, 0.717) is 12.4 Å². The van der Waals surface area contributed by atoms with Crippen LogP contribution in [0, 0.1) is 0 Å².